The summed E-state index contributed by atoms with van der Waals surface area (Å²) in [7, 11) is 3.90. The molecule has 0 atom stereocenters. The topological polar surface area (TPSA) is 28.2 Å². The zero-order valence-electron chi connectivity index (χ0n) is 14.0. The molecule has 1 N–H and O–H groups in total. The minimum atomic E-state index is -0.649. The monoisotopic (exact) mass is 361 g/mol. The Bertz CT molecular complexity index is 913. The van der Waals surface area contributed by atoms with Gasteiger partial charge in [-0.15, -0.1) is 0 Å². The average Bonchev–Trinajstić information content (AvgIpc) is 2.55. The van der Waals surface area contributed by atoms with Crippen LogP contribution in [-0.4, -0.2) is 37.1 Å². The van der Waals surface area contributed by atoms with Gasteiger partial charge in [-0.25, -0.2) is 13.8 Å². The number of rotatable bonds is 5. The number of likely N-dealkylation sites (N-methyl/N-ethyl adjacent to an activating group) is 1. The van der Waals surface area contributed by atoms with E-state index in [1.54, 1.807) is 24.4 Å². The van der Waals surface area contributed by atoms with Crippen LogP contribution in [0.1, 0.15) is 0 Å². The van der Waals surface area contributed by atoms with Crippen molar-refractivity contribution in [3.8, 4) is 11.1 Å². The molecular formula is C19H18ClF2N3. The normalized spacial score (nSPS) is 11.3. The van der Waals surface area contributed by atoms with Gasteiger partial charge in [0.15, 0.2) is 0 Å². The maximum atomic E-state index is 14.5. The zero-order chi connectivity index (χ0) is 18.0. The molecule has 3 aromatic rings. The smallest absolute Gasteiger partial charge is 0.137 e. The van der Waals surface area contributed by atoms with Crippen LogP contribution in [0.2, 0.25) is 5.02 Å². The van der Waals surface area contributed by atoms with Gasteiger partial charge in [-0.1, -0.05) is 29.8 Å². The molecule has 130 valence electrons. The molecule has 0 aliphatic rings. The SMILES string of the molecule is CN(C)CCNc1ncc(-c2ccccc2Cl)c2cc(F)cc(F)c12. The van der Waals surface area contributed by atoms with E-state index in [1.165, 1.54) is 6.07 Å². The first-order chi connectivity index (χ1) is 12.0. The van der Waals surface area contributed by atoms with Gasteiger partial charge in [-0.3, -0.25) is 0 Å². The van der Waals surface area contributed by atoms with Crippen molar-refractivity contribution in [1.29, 1.82) is 0 Å². The van der Waals surface area contributed by atoms with Gasteiger partial charge in [0.2, 0.25) is 0 Å². The summed E-state index contributed by atoms with van der Waals surface area (Å²) in [6, 6.07) is 9.36. The molecule has 0 bridgehead atoms. The number of hydrogen-bond acceptors (Lipinski definition) is 3. The van der Waals surface area contributed by atoms with Crippen LogP contribution in [0.25, 0.3) is 21.9 Å². The number of anilines is 1. The molecule has 3 rings (SSSR count). The maximum Gasteiger partial charge on any atom is 0.137 e. The second kappa shape index (κ2) is 7.33. The number of pyridine rings is 1. The molecule has 0 saturated heterocycles. The molecule has 1 aromatic heterocycles. The average molecular weight is 362 g/mol. The molecule has 0 aliphatic heterocycles. The number of benzene rings is 2. The predicted molar refractivity (Wildman–Crippen MR) is 99.1 cm³/mol. The van der Waals surface area contributed by atoms with E-state index in [1.807, 2.05) is 25.1 Å². The number of halogens is 3. The Morgan fingerprint density at radius 3 is 2.60 bits per heavy atom. The number of nitrogens with one attached hydrogen (secondary N) is 1. The minimum absolute atomic E-state index is 0.262. The van der Waals surface area contributed by atoms with E-state index in [0.29, 0.717) is 33.9 Å². The molecule has 0 saturated carbocycles. The van der Waals surface area contributed by atoms with E-state index in [9.17, 15) is 8.78 Å². The summed E-state index contributed by atoms with van der Waals surface area (Å²) in [5, 5.41) is 4.33. The van der Waals surface area contributed by atoms with Crippen LogP contribution in [0.4, 0.5) is 14.6 Å². The second-order valence-electron chi connectivity index (χ2n) is 6.04. The van der Waals surface area contributed by atoms with Crippen LogP contribution >= 0.6 is 11.6 Å². The van der Waals surface area contributed by atoms with E-state index in [0.717, 1.165) is 12.6 Å². The van der Waals surface area contributed by atoms with Gasteiger partial charge in [0, 0.05) is 46.9 Å². The number of fused-ring (bicyclic) bond motifs is 1. The van der Waals surface area contributed by atoms with Crippen LogP contribution in [0.15, 0.2) is 42.6 Å². The summed E-state index contributed by atoms with van der Waals surface area (Å²) in [6.07, 6.45) is 1.60. The minimum Gasteiger partial charge on any atom is -0.368 e. The highest BCUT2D eigenvalue weighted by Gasteiger charge is 2.16. The Morgan fingerprint density at radius 1 is 1.12 bits per heavy atom. The third-order valence-electron chi connectivity index (χ3n) is 3.92. The standard InChI is InChI=1S/C19H18ClF2N3/c1-25(2)8-7-23-19-18-14(9-12(21)10-17(18)22)15(11-24-19)13-5-3-4-6-16(13)20/h3-6,9-11H,7-8H2,1-2H3,(H,23,24). The lowest BCUT2D eigenvalue weighted by Gasteiger charge is -2.15. The molecule has 2 aromatic carbocycles. The first-order valence-electron chi connectivity index (χ1n) is 7.88. The van der Waals surface area contributed by atoms with Crippen LogP contribution in [0.5, 0.6) is 0 Å². The molecule has 0 unspecified atom stereocenters. The lowest BCUT2D eigenvalue weighted by Crippen LogP contribution is -2.21. The molecule has 6 heteroatoms. The van der Waals surface area contributed by atoms with Gasteiger partial charge >= 0.3 is 0 Å². The predicted octanol–water partition coefficient (Wildman–Crippen LogP) is 4.81. The summed E-state index contributed by atoms with van der Waals surface area (Å²) >= 11 is 6.26. The van der Waals surface area contributed by atoms with Crippen LogP contribution in [-0.2, 0) is 0 Å². The first-order valence-corrected chi connectivity index (χ1v) is 8.26. The van der Waals surface area contributed by atoms with Crippen molar-refractivity contribution < 1.29 is 8.78 Å². The Morgan fingerprint density at radius 2 is 1.88 bits per heavy atom. The fourth-order valence-electron chi connectivity index (χ4n) is 2.72. The van der Waals surface area contributed by atoms with Crippen molar-refractivity contribution in [2.75, 3.05) is 32.5 Å². The lowest BCUT2D eigenvalue weighted by atomic mass is 10.00. The Kier molecular flexibility index (Phi) is 5.16. The van der Waals surface area contributed by atoms with Crippen molar-refractivity contribution >= 4 is 28.2 Å². The number of aromatic nitrogens is 1. The highest BCUT2D eigenvalue weighted by atomic mass is 35.5. The maximum absolute atomic E-state index is 14.5. The second-order valence-corrected chi connectivity index (χ2v) is 6.45. The summed E-state index contributed by atoms with van der Waals surface area (Å²) in [5.41, 5.74) is 1.28. The quantitative estimate of drug-likeness (QED) is 0.707. The van der Waals surface area contributed by atoms with Crippen LogP contribution in [0.3, 0.4) is 0 Å². The third-order valence-corrected chi connectivity index (χ3v) is 4.25. The van der Waals surface area contributed by atoms with Crippen molar-refractivity contribution in [1.82, 2.24) is 9.88 Å². The van der Waals surface area contributed by atoms with Crippen molar-refractivity contribution in [3.05, 3.63) is 59.3 Å². The van der Waals surface area contributed by atoms with E-state index in [-0.39, 0.29) is 5.39 Å². The zero-order valence-corrected chi connectivity index (χ0v) is 14.7. The highest BCUT2D eigenvalue weighted by molar-refractivity contribution is 6.33. The van der Waals surface area contributed by atoms with Crippen molar-refractivity contribution in [3.63, 3.8) is 0 Å². The molecule has 1 heterocycles. The summed E-state index contributed by atoms with van der Waals surface area (Å²) < 4.78 is 28.4. The highest BCUT2D eigenvalue weighted by Crippen LogP contribution is 2.36. The lowest BCUT2D eigenvalue weighted by molar-refractivity contribution is 0.425. The summed E-state index contributed by atoms with van der Waals surface area (Å²) in [4.78, 5) is 6.36. The van der Waals surface area contributed by atoms with Crippen molar-refractivity contribution in [2.45, 2.75) is 0 Å². The van der Waals surface area contributed by atoms with Crippen molar-refractivity contribution in [2.24, 2.45) is 0 Å². The summed E-state index contributed by atoms with van der Waals surface area (Å²) in [6.45, 7) is 1.36. The number of nitrogens with zero attached hydrogens (tertiary/aromatic N) is 2. The Labute approximate surface area is 150 Å². The first kappa shape index (κ1) is 17.6. The van der Waals surface area contributed by atoms with Gasteiger partial charge in [0.25, 0.3) is 0 Å². The fourth-order valence-corrected chi connectivity index (χ4v) is 2.95. The largest absolute Gasteiger partial charge is 0.368 e. The third kappa shape index (κ3) is 3.72. The van der Waals surface area contributed by atoms with Gasteiger partial charge in [-0.05, 0) is 26.2 Å². The van der Waals surface area contributed by atoms with Gasteiger partial charge in [0.1, 0.15) is 17.5 Å². The van der Waals surface area contributed by atoms with Crippen LogP contribution < -0.4 is 5.32 Å². The molecule has 0 amide bonds. The molecule has 25 heavy (non-hydrogen) atoms. The molecular weight excluding hydrogens is 344 g/mol. The fraction of sp³-hybridized carbons (Fsp3) is 0.211. The molecule has 3 nitrogen and oxygen atoms in total. The molecule has 0 spiro atoms. The van der Waals surface area contributed by atoms with Crippen LogP contribution in [0, 0.1) is 11.6 Å². The van der Waals surface area contributed by atoms with E-state index < -0.39 is 11.6 Å². The van der Waals surface area contributed by atoms with E-state index in [2.05, 4.69) is 10.3 Å². The number of hydrogen-bond donors (Lipinski definition) is 1. The van der Waals surface area contributed by atoms with Gasteiger partial charge < -0.3 is 10.2 Å². The summed E-state index contributed by atoms with van der Waals surface area (Å²) in [5.74, 6) is -0.891. The van der Waals surface area contributed by atoms with E-state index >= 15 is 0 Å². The Balaban J connectivity index is 2.16. The van der Waals surface area contributed by atoms with Gasteiger partial charge in [0.05, 0.1) is 5.39 Å². The molecule has 0 radical (unpaired) electrons. The van der Waals surface area contributed by atoms with E-state index in [4.69, 9.17) is 11.6 Å². The van der Waals surface area contributed by atoms with Gasteiger partial charge in [-0.2, -0.15) is 0 Å². The molecule has 0 fully saturated rings. The Hall–Kier alpha value is -2.24. The molecule has 0 aliphatic carbocycles.